The van der Waals surface area contributed by atoms with Crippen molar-refractivity contribution in [2.75, 3.05) is 33.9 Å². The van der Waals surface area contributed by atoms with Gasteiger partial charge in [-0.1, -0.05) is 12.5 Å². The highest BCUT2D eigenvalue weighted by Crippen LogP contribution is 2.28. The largest absolute Gasteiger partial charge is 0.493 e. The van der Waals surface area contributed by atoms with E-state index in [0.29, 0.717) is 6.61 Å². The molecule has 32 heavy (non-hydrogen) atoms. The van der Waals surface area contributed by atoms with Crippen molar-refractivity contribution in [2.24, 2.45) is 4.99 Å². The van der Waals surface area contributed by atoms with Crippen LogP contribution in [0.25, 0.3) is 0 Å². The number of nitrogens with zero attached hydrogens (tertiary/aromatic N) is 4. The zero-order chi connectivity index (χ0) is 21.9. The molecule has 0 radical (unpaired) electrons. The molecular weight excluding hydrogens is 519 g/mol. The summed E-state index contributed by atoms with van der Waals surface area (Å²) in [5, 5.41) is 15.6. The highest BCUT2D eigenvalue weighted by atomic mass is 127. The molecule has 2 heterocycles. The summed E-state index contributed by atoms with van der Waals surface area (Å²) in [5.74, 6) is 4.61. The summed E-state index contributed by atoms with van der Waals surface area (Å²) in [6, 6.07) is 6.13. The fourth-order valence-corrected chi connectivity index (χ4v) is 3.89. The maximum atomic E-state index is 5.67. The standard InChI is InChI=1S/C23H36N6O2.HI/c1-4-31-20-17-18(11-12-19(20)30-3)9-8-14-25-23(24-2)26-15-13-22-28-27-21-10-6-5-7-16-29(21)22;/h11-12,17H,4-10,13-16H2,1-3H3,(H2,24,25,26);1H. The first kappa shape index (κ1) is 26.2. The van der Waals surface area contributed by atoms with Gasteiger partial charge in [0.15, 0.2) is 17.5 Å². The molecule has 9 heteroatoms. The van der Waals surface area contributed by atoms with E-state index in [1.165, 1.54) is 24.8 Å². The van der Waals surface area contributed by atoms with Crippen LogP contribution in [0.5, 0.6) is 11.5 Å². The first-order chi connectivity index (χ1) is 15.2. The fraction of sp³-hybridized carbons (Fsp3) is 0.609. The minimum atomic E-state index is 0. The van der Waals surface area contributed by atoms with Gasteiger partial charge in [0.1, 0.15) is 11.6 Å². The minimum Gasteiger partial charge on any atom is -0.493 e. The van der Waals surface area contributed by atoms with Gasteiger partial charge in [-0.25, -0.2) is 0 Å². The van der Waals surface area contributed by atoms with Crippen LogP contribution in [-0.2, 0) is 25.8 Å². The molecule has 1 aliphatic rings. The first-order valence-corrected chi connectivity index (χ1v) is 11.4. The molecule has 1 aromatic carbocycles. The van der Waals surface area contributed by atoms with Gasteiger partial charge in [0.2, 0.25) is 0 Å². The SMILES string of the molecule is CCOc1cc(CCCNC(=NC)NCCc2nnc3n2CCCCC3)ccc1OC.I. The third kappa shape index (κ3) is 7.53. The molecule has 2 aromatic rings. The third-order valence-electron chi connectivity index (χ3n) is 5.51. The van der Waals surface area contributed by atoms with Crippen LogP contribution in [0, 0.1) is 0 Å². The van der Waals surface area contributed by atoms with Gasteiger partial charge in [-0.2, -0.15) is 0 Å². The van der Waals surface area contributed by atoms with E-state index in [0.717, 1.165) is 74.4 Å². The number of fused-ring (bicyclic) bond motifs is 1. The van der Waals surface area contributed by atoms with Crippen LogP contribution in [0.3, 0.4) is 0 Å². The van der Waals surface area contributed by atoms with Crippen LogP contribution in [0.1, 0.15) is 49.8 Å². The van der Waals surface area contributed by atoms with Gasteiger partial charge in [-0.15, -0.1) is 34.2 Å². The van der Waals surface area contributed by atoms with Crippen molar-refractivity contribution < 1.29 is 9.47 Å². The molecule has 0 saturated carbocycles. The molecule has 178 valence electrons. The Morgan fingerprint density at radius 2 is 1.94 bits per heavy atom. The topological polar surface area (TPSA) is 85.6 Å². The molecule has 1 aromatic heterocycles. The lowest BCUT2D eigenvalue weighted by Crippen LogP contribution is -2.39. The first-order valence-electron chi connectivity index (χ1n) is 11.4. The maximum absolute atomic E-state index is 5.67. The smallest absolute Gasteiger partial charge is 0.190 e. The minimum absolute atomic E-state index is 0. The number of halogens is 1. The van der Waals surface area contributed by atoms with Crippen molar-refractivity contribution in [3.8, 4) is 11.5 Å². The Kier molecular flexibility index (Phi) is 11.6. The summed E-state index contributed by atoms with van der Waals surface area (Å²) in [6.45, 7) is 5.28. The number of rotatable bonds is 10. The van der Waals surface area contributed by atoms with E-state index in [1.54, 1.807) is 14.2 Å². The Hall–Kier alpha value is -2.04. The average molecular weight is 556 g/mol. The maximum Gasteiger partial charge on any atom is 0.190 e. The van der Waals surface area contributed by atoms with Crippen LogP contribution in [0.4, 0.5) is 0 Å². The van der Waals surface area contributed by atoms with E-state index in [2.05, 4.69) is 42.5 Å². The Morgan fingerprint density at radius 3 is 2.72 bits per heavy atom. The molecule has 3 rings (SSSR count). The number of aromatic nitrogens is 3. The van der Waals surface area contributed by atoms with Crippen molar-refractivity contribution >= 4 is 29.9 Å². The second-order valence-corrected chi connectivity index (χ2v) is 7.69. The normalized spacial score (nSPS) is 13.5. The molecule has 0 aliphatic carbocycles. The lowest BCUT2D eigenvalue weighted by atomic mass is 10.1. The molecule has 0 amide bonds. The van der Waals surface area contributed by atoms with Gasteiger partial charge < -0.3 is 24.7 Å². The van der Waals surface area contributed by atoms with E-state index in [-0.39, 0.29) is 24.0 Å². The number of guanidine groups is 1. The van der Waals surface area contributed by atoms with E-state index >= 15 is 0 Å². The number of ether oxygens (including phenoxy) is 2. The second kappa shape index (κ2) is 14.2. The predicted octanol–water partition coefficient (Wildman–Crippen LogP) is 3.37. The van der Waals surface area contributed by atoms with E-state index in [4.69, 9.17) is 9.47 Å². The Balaban J connectivity index is 0.00000363. The molecular formula is C23H37IN6O2. The number of benzene rings is 1. The summed E-state index contributed by atoms with van der Waals surface area (Å²) in [5.41, 5.74) is 1.24. The van der Waals surface area contributed by atoms with Crippen molar-refractivity contribution in [2.45, 2.75) is 58.4 Å². The van der Waals surface area contributed by atoms with Crippen molar-refractivity contribution in [1.82, 2.24) is 25.4 Å². The van der Waals surface area contributed by atoms with Crippen molar-refractivity contribution in [1.29, 1.82) is 0 Å². The highest BCUT2D eigenvalue weighted by Gasteiger charge is 2.14. The number of hydrogen-bond acceptors (Lipinski definition) is 5. The summed E-state index contributed by atoms with van der Waals surface area (Å²) in [4.78, 5) is 4.33. The van der Waals surface area contributed by atoms with Gasteiger partial charge in [0.25, 0.3) is 0 Å². The van der Waals surface area contributed by atoms with Crippen LogP contribution in [0.2, 0.25) is 0 Å². The predicted molar refractivity (Wildman–Crippen MR) is 139 cm³/mol. The zero-order valence-corrected chi connectivity index (χ0v) is 21.9. The van der Waals surface area contributed by atoms with E-state index in [1.807, 2.05) is 13.0 Å². The molecule has 1 aliphatic heterocycles. The fourth-order valence-electron chi connectivity index (χ4n) is 3.89. The number of aryl methyl sites for hydroxylation is 2. The number of nitrogens with one attached hydrogen (secondary N) is 2. The molecule has 0 fully saturated rings. The van der Waals surface area contributed by atoms with Crippen LogP contribution in [0.15, 0.2) is 23.2 Å². The average Bonchev–Trinajstić information content (AvgIpc) is 3.01. The molecule has 8 nitrogen and oxygen atoms in total. The highest BCUT2D eigenvalue weighted by molar-refractivity contribution is 14.0. The van der Waals surface area contributed by atoms with E-state index < -0.39 is 0 Å². The van der Waals surface area contributed by atoms with Gasteiger partial charge in [0, 0.05) is 39.5 Å². The van der Waals surface area contributed by atoms with Crippen LogP contribution < -0.4 is 20.1 Å². The summed E-state index contributed by atoms with van der Waals surface area (Å²) in [6.07, 6.45) is 7.56. The molecule has 0 unspecified atom stereocenters. The number of aliphatic imine (C=N–C) groups is 1. The van der Waals surface area contributed by atoms with Crippen LogP contribution in [-0.4, -0.2) is 54.6 Å². The third-order valence-corrected chi connectivity index (χ3v) is 5.51. The lowest BCUT2D eigenvalue weighted by Gasteiger charge is -2.13. The quantitative estimate of drug-likeness (QED) is 0.202. The second-order valence-electron chi connectivity index (χ2n) is 7.69. The Morgan fingerprint density at radius 1 is 1.09 bits per heavy atom. The van der Waals surface area contributed by atoms with Crippen LogP contribution >= 0.6 is 24.0 Å². The lowest BCUT2D eigenvalue weighted by molar-refractivity contribution is 0.310. The zero-order valence-electron chi connectivity index (χ0n) is 19.5. The van der Waals surface area contributed by atoms with Gasteiger partial charge in [-0.05, 0) is 50.3 Å². The summed E-state index contributed by atoms with van der Waals surface area (Å²) in [7, 11) is 3.47. The van der Waals surface area contributed by atoms with Gasteiger partial charge in [0.05, 0.1) is 13.7 Å². The van der Waals surface area contributed by atoms with Gasteiger partial charge in [-0.3, -0.25) is 4.99 Å². The monoisotopic (exact) mass is 556 g/mol. The molecule has 0 atom stereocenters. The van der Waals surface area contributed by atoms with Crippen molar-refractivity contribution in [3.05, 3.63) is 35.4 Å². The molecule has 0 spiro atoms. The Bertz CT molecular complexity index is 855. The van der Waals surface area contributed by atoms with Crippen molar-refractivity contribution in [3.63, 3.8) is 0 Å². The number of methoxy groups -OCH3 is 1. The summed E-state index contributed by atoms with van der Waals surface area (Å²) >= 11 is 0. The van der Waals surface area contributed by atoms with Gasteiger partial charge >= 0.3 is 0 Å². The van der Waals surface area contributed by atoms with E-state index in [9.17, 15) is 0 Å². The molecule has 0 bridgehead atoms. The number of hydrogen-bond donors (Lipinski definition) is 2. The molecule has 0 saturated heterocycles. The molecule has 2 N–H and O–H groups in total. The Labute approximate surface area is 208 Å². The summed E-state index contributed by atoms with van der Waals surface area (Å²) < 4.78 is 13.3.